The van der Waals surface area contributed by atoms with Crippen molar-refractivity contribution >= 4 is 5.97 Å². The third kappa shape index (κ3) is 4.80. The molecule has 0 aromatic heterocycles. The Morgan fingerprint density at radius 1 is 1.16 bits per heavy atom. The molecule has 0 aliphatic carbocycles. The third-order valence-corrected chi connectivity index (χ3v) is 2.88. The van der Waals surface area contributed by atoms with Crippen molar-refractivity contribution in [2.24, 2.45) is 5.92 Å². The highest BCUT2D eigenvalue weighted by Crippen LogP contribution is 2.17. The molecule has 0 N–H and O–H groups in total. The summed E-state index contributed by atoms with van der Waals surface area (Å²) in [6.45, 7) is 3.80. The van der Waals surface area contributed by atoms with E-state index in [0.29, 0.717) is 12.8 Å². The van der Waals surface area contributed by atoms with Gasteiger partial charge in [-0.15, -0.1) is 0 Å². The second-order valence-corrected chi connectivity index (χ2v) is 4.61. The van der Waals surface area contributed by atoms with E-state index in [1.807, 2.05) is 13.8 Å². The van der Waals surface area contributed by atoms with Gasteiger partial charge in [-0.2, -0.15) is 0 Å². The van der Waals surface area contributed by atoms with Gasteiger partial charge >= 0.3 is 11.6 Å². The first kappa shape index (κ1) is 17.3. The molecule has 0 unspecified atom stereocenters. The van der Waals surface area contributed by atoms with Gasteiger partial charge in [0.1, 0.15) is 9.85 Å². The van der Waals surface area contributed by atoms with Crippen LogP contribution in [-0.4, -0.2) is 28.1 Å². The molecule has 8 heteroatoms. The van der Waals surface area contributed by atoms with Crippen LogP contribution in [0.15, 0.2) is 0 Å². The topological polar surface area (TPSA) is 113 Å². The van der Waals surface area contributed by atoms with Crippen LogP contribution in [0.5, 0.6) is 0 Å². The Morgan fingerprint density at radius 2 is 1.58 bits per heavy atom. The van der Waals surface area contributed by atoms with Gasteiger partial charge in [-0.25, -0.2) is 0 Å². The van der Waals surface area contributed by atoms with E-state index in [-0.39, 0.29) is 5.92 Å². The third-order valence-electron chi connectivity index (χ3n) is 2.88. The van der Waals surface area contributed by atoms with Crippen molar-refractivity contribution in [1.29, 1.82) is 0 Å². The van der Waals surface area contributed by atoms with E-state index in [1.54, 1.807) is 0 Å². The fraction of sp³-hybridized carbons (Fsp3) is 0.909. The summed E-state index contributed by atoms with van der Waals surface area (Å²) in [4.78, 5) is 31.0. The van der Waals surface area contributed by atoms with Gasteiger partial charge in [0.15, 0.2) is 0 Å². The molecule has 110 valence electrons. The Morgan fingerprint density at radius 3 is 1.89 bits per heavy atom. The first-order valence-corrected chi connectivity index (χ1v) is 6.25. The summed E-state index contributed by atoms with van der Waals surface area (Å²) in [6, 6.07) is 0. The van der Waals surface area contributed by atoms with Crippen LogP contribution in [0.4, 0.5) is 0 Å². The van der Waals surface area contributed by atoms with Crippen LogP contribution < -0.4 is 0 Å². The Labute approximate surface area is 111 Å². The predicted octanol–water partition coefficient (Wildman–Crippen LogP) is 2.02. The number of rotatable bonds is 9. The van der Waals surface area contributed by atoms with Crippen molar-refractivity contribution in [2.75, 3.05) is 6.61 Å². The molecular formula is C11H20N2O6. The van der Waals surface area contributed by atoms with E-state index in [0.717, 1.165) is 19.8 Å². The number of ether oxygens (including phenoxy) is 1. The Hall–Kier alpha value is -1.73. The molecule has 0 aliphatic heterocycles. The summed E-state index contributed by atoms with van der Waals surface area (Å²) < 4.78 is 4.77. The molecule has 0 aromatic carbocycles. The standard InChI is InChI=1S/C11H20N2O6/c1-4-6-9(7-5-2)10(14)19-8-11(3,12(15)16)13(17)18/h9H,4-8H2,1-3H3. The minimum Gasteiger partial charge on any atom is -0.450 e. The maximum atomic E-state index is 11.7. The molecule has 0 spiro atoms. The molecule has 0 aromatic rings. The maximum Gasteiger partial charge on any atom is 0.488 e. The van der Waals surface area contributed by atoms with Crippen LogP contribution in [0.2, 0.25) is 0 Å². The SMILES string of the molecule is CCCC(CCC)C(=O)OCC(C)([N+](=O)[O-])[N+](=O)[O-]. The molecule has 0 atom stereocenters. The highest BCUT2D eigenvalue weighted by atomic mass is 16.7. The van der Waals surface area contributed by atoms with Gasteiger partial charge in [0.2, 0.25) is 6.61 Å². The molecule has 0 fully saturated rings. The predicted molar refractivity (Wildman–Crippen MR) is 66.7 cm³/mol. The molecule has 19 heavy (non-hydrogen) atoms. The van der Waals surface area contributed by atoms with Crippen molar-refractivity contribution in [1.82, 2.24) is 0 Å². The first-order chi connectivity index (χ1) is 8.79. The normalized spacial score (nSPS) is 11.4. The minimum absolute atomic E-state index is 0.349. The number of carbonyl (C=O) groups excluding carboxylic acids is 1. The number of nitro groups is 2. The average Bonchev–Trinajstić information content (AvgIpc) is 2.34. The number of carbonyl (C=O) groups is 1. The quantitative estimate of drug-likeness (QED) is 0.275. The van der Waals surface area contributed by atoms with E-state index >= 15 is 0 Å². The van der Waals surface area contributed by atoms with E-state index in [4.69, 9.17) is 4.74 Å². The molecule has 8 nitrogen and oxygen atoms in total. The van der Waals surface area contributed by atoms with E-state index < -0.39 is 28.1 Å². The van der Waals surface area contributed by atoms with Crippen LogP contribution in [-0.2, 0) is 9.53 Å². The van der Waals surface area contributed by atoms with Crippen molar-refractivity contribution in [2.45, 2.75) is 52.1 Å². The first-order valence-electron chi connectivity index (χ1n) is 6.25. The molecule has 0 radical (unpaired) electrons. The molecule has 0 saturated heterocycles. The van der Waals surface area contributed by atoms with Gasteiger partial charge in [0, 0.05) is 0 Å². The number of esters is 1. The Bertz CT molecular complexity index is 324. The molecular weight excluding hydrogens is 256 g/mol. The second kappa shape index (κ2) is 7.65. The smallest absolute Gasteiger partial charge is 0.450 e. The largest absolute Gasteiger partial charge is 0.488 e. The monoisotopic (exact) mass is 276 g/mol. The van der Waals surface area contributed by atoms with Gasteiger partial charge in [-0.1, -0.05) is 26.7 Å². The zero-order valence-electron chi connectivity index (χ0n) is 11.5. The van der Waals surface area contributed by atoms with Gasteiger partial charge < -0.3 is 4.74 Å². The van der Waals surface area contributed by atoms with Crippen molar-refractivity contribution in [3.05, 3.63) is 20.2 Å². The van der Waals surface area contributed by atoms with Gasteiger partial charge in [-0.3, -0.25) is 25.0 Å². The lowest BCUT2D eigenvalue weighted by Crippen LogP contribution is -2.48. The minimum atomic E-state index is -2.49. The van der Waals surface area contributed by atoms with Crippen LogP contribution in [0.25, 0.3) is 0 Å². The highest BCUT2D eigenvalue weighted by molar-refractivity contribution is 5.72. The Kier molecular flexibility index (Phi) is 6.95. The van der Waals surface area contributed by atoms with E-state index in [2.05, 4.69) is 0 Å². The van der Waals surface area contributed by atoms with Gasteiger partial charge in [-0.05, 0) is 12.8 Å². The summed E-state index contributed by atoms with van der Waals surface area (Å²) in [6.07, 6.45) is 2.78. The lowest BCUT2D eigenvalue weighted by molar-refractivity contribution is -0.793. The summed E-state index contributed by atoms with van der Waals surface area (Å²) in [5.41, 5.74) is -2.49. The molecule has 0 rings (SSSR count). The summed E-state index contributed by atoms with van der Waals surface area (Å²) in [7, 11) is 0. The second-order valence-electron chi connectivity index (χ2n) is 4.61. The summed E-state index contributed by atoms with van der Waals surface area (Å²) >= 11 is 0. The number of nitrogens with zero attached hydrogens (tertiary/aromatic N) is 2. The average molecular weight is 276 g/mol. The fourth-order valence-corrected chi connectivity index (χ4v) is 1.57. The molecule has 0 saturated carbocycles. The summed E-state index contributed by atoms with van der Waals surface area (Å²) in [5.74, 6) is -0.948. The van der Waals surface area contributed by atoms with Crippen LogP contribution in [0.3, 0.4) is 0 Å². The highest BCUT2D eigenvalue weighted by Gasteiger charge is 2.52. The molecule has 0 amide bonds. The van der Waals surface area contributed by atoms with Crippen molar-refractivity contribution < 1.29 is 19.4 Å². The molecule has 0 aliphatic rings. The molecule has 0 bridgehead atoms. The summed E-state index contributed by atoms with van der Waals surface area (Å²) in [5, 5.41) is 21.3. The molecule has 0 heterocycles. The van der Waals surface area contributed by atoms with Crippen LogP contribution in [0.1, 0.15) is 46.5 Å². The van der Waals surface area contributed by atoms with Crippen molar-refractivity contribution in [3.63, 3.8) is 0 Å². The van der Waals surface area contributed by atoms with Crippen LogP contribution in [0, 0.1) is 26.1 Å². The van der Waals surface area contributed by atoms with Crippen molar-refractivity contribution in [3.8, 4) is 0 Å². The van der Waals surface area contributed by atoms with Crippen LogP contribution >= 0.6 is 0 Å². The van der Waals surface area contributed by atoms with Gasteiger partial charge in [0.05, 0.1) is 12.8 Å². The number of hydrogen-bond donors (Lipinski definition) is 0. The lowest BCUT2D eigenvalue weighted by atomic mass is 9.98. The number of hydrogen-bond acceptors (Lipinski definition) is 6. The Balaban J connectivity index is 4.63. The maximum absolute atomic E-state index is 11.7. The lowest BCUT2D eigenvalue weighted by Gasteiger charge is -2.16. The van der Waals surface area contributed by atoms with Gasteiger partial charge in [0.25, 0.3) is 0 Å². The fourth-order valence-electron chi connectivity index (χ4n) is 1.57. The van der Waals surface area contributed by atoms with E-state index in [1.165, 1.54) is 0 Å². The zero-order valence-corrected chi connectivity index (χ0v) is 11.5. The zero-order chi connectivity index (χ0) is 15.1. The van der Waals surface area contributed by atoms with E-state index in [9.17, 15) is 25.0 Å².